The third-order valence-electron chi connectivity index (χ3n) is 2.31. The standard InChI is InChI=1S/C12H11FN4O2/c1-8(18)4-12(19)16-9-2-3-11(10(13)5-9)17-7-14-6-15-17/h2-3,5-7H,4H2,1H3,(H,16,19). The molecule has 0 saturated heterocycles. The maximum atomic E-state index is 13.8. The number of benzene rings is 1. The highest BCUT2D eigenvalue weighted by molar-refractivity contribution is 6.03. The summed E-state index contributed by atoms with van der Waals surface area (Å²) >= 11 is 0. The van der Waals surface area contributed by atoms with Crippen LogP contribution in [0, 0.1) is 5.82 Å². The Balaban J connectivity index is 2.15. The average Bonchev–Trinajstić information content (AvgIpc) is 2.81. The van der Waals surface area contributed by atoms with E-state index in [1.807, 2.05) is 0 Å². The van der Waals surface area contributed by atoms with Gasteiger partial charge in [0.05, 0.1) is 6.42 Å². The second-order valence-corrected chi connectivity index (χ2v) is 3.93. The first-order valence-corrected chi connectivity index (χ1v) is 5.50. The molecule has 1 aromatic heterocycles. The predicted molar refractivity (Wildman–Crippen MR) is 65.2 cm³/mol. The van der Waals surface area contributed by atoms with Crippen molar-refractivity contribution in [3.8, 4) is 5.69 Å². The molecule has 0 radical (unpaired) electrons. The van der Waals surface area contributed by atoms with E-state index in [1.54, 1.807) is 0 Å². The fourth-order valence-corrected chi connectivity index (χ4v) is 1.53. The number of Topliss-reactive ketones (excluding diaryl/α,β-unsaturated/α-hetero) is 1. The molecule has 0 spiro atoms. The highest BCUT2D eigenvalue weighted by Gasteiger charge is 2.09. The summed E-state index contributed by atoms with van der Waals surface area (Å²) in [6.07, 6.45) is 2.43. The van der Waals surface area contributed by atoms with Crippen molar-refractivity contribution in [1.82, 2.24) is 14.8 Å². The van der Waals surface area contributed by atoms with Gasteiger partial charge in [-0.3, -0.25) is 9.59 Å². The molecule has 0 aliphatic carbocycles. The van der Waals surface area contributed by atoms with Crippen LogP contribution in [0.5, 0.6) is 0 Å². The smallest absolute Gasteiger partial charge is 0.231 e. The molecule has 0 bridgehead atoms. The largest absolute Gasteiger partial charge is 0.326 e. The first-order chi connectivity index (χ1) is 9.06. The highest BCUT2D eigenvalue weighted by atomic mass is 19.1. The van der Waals surface area contributed by atoms with Crippen LogP contribution in [-0.4, -0.2) is 26.5 Å². The Labute approximate surface area is 108 Å². The number of aromatic nitrogens is 3. The summed E-state index contributed by atoms with van der Waals surface area (Å²) in [7, 11) is 0. The van der Waals surface area contributed by atoms with Gasteiger partial charge in [0.2, 0.25) is 5.91 Å². The van der Waals surface area contributed by atoms with Crippen molar-refractivity contribution < 1.29 is 14.0 Å². The first kappa shape index (κ1) is 12.9. The van der Waals surface area contributed by atoms with Crippen LogP contribution in [0.1, 0.15) is 13.3 Å². The molecule has 2 aromatic rings. The first-order valence-electron chi connectivity index (χ1n) is 5.50. The van der Waals surface area contributed by atoms with Crippen LogP contribution < -0.4 is 5.32 Å². The lowest BCUT2D eigenvalue weighted by molar-refractivity contribution is -0.124. The minimum Gasteiger partial charge on any atom is -0.326 e. The normalized spacial score (nSPS) is 10.2. The van der Waals surface area contributed by atoms with Crippen LogP contribution in [0.3, 0.4) is 0 Å². The Kier molecular flexibility index (Phi) is 3.65. The molecule has 2 rings (SSSR count). The maximum Gasteiger partial charge on any atom is 0.231 e. The van der Waals surface area contributed by atoms with E-state index in [1.165, 1.54) is 36.4 Å². The summed E-state index contributed by atoms with van der Waals surface area (Å²) < 4.78 is 15.1. The van der Waals surface area contributed by atoms with Crippen molar-refractivity contribution in [3.05, 3.63) is 36.7 Å². The summed E-state index contributed by atoms with van der Waals surface area (Å²) in [6, 6.07) is 4.15. The lowest BCUT2D eigenvalue weighted by Gasteiger charge is -2.07. The van der Waals surface area contributed by atoms with E-state index >= 15 is 0 Å². The van der Waals surface area contributed by atoms with Crippen molar-refractivity contribution in [3.63, 3.8) is 0 Å². The molecule has 0 atom stereocenters. The lowest BCUT2D eigenvalue weighted by atomic mass is 10.2. The molecule has 6 nitrogen and oxygen atoms in total. The number of rotatable bonds is 4. The maximum absolute atomic E-state index is 13.8. The number of amides is 1. The minimum absolute atomic E-state index is 0.224. The van der Waals surface area contributed by atoms with Gasteiger partial charge in [-0.05, 0) is 25.1 Å². The molecule has 0 saturated carbocycles. The van der Waals surface area contributed by atoms with Gasteiger partial charge in [-0.1, -0.05) is 0 Å². The van der Waals surface area contributed by atoms with Crippen LogP contribution in [0.25, 0.3) is 5.69 Å². The van der Waals surface area contributed by atoms with Crippen LogP contribution in [0.2, 0.25) is 0 Å². The lowest BCUT2D eigenvalue weighted by Crippen LogP contribution is -2.15. The van der Waals surface area contributed by atoms with Crippen LogP contribution >= 0.6 is 0 Å². The van der Waals surface area contributed by atoms with Crippen molar-refractivity contribution in [1.29, 1.82) is 0 Å². The molecule has 0 unspecified atom stereocenters. The average molecular weight is 262 g/mol. The molecular formula is C12H11FN4O2. The number of ketones is 1. The summed E-state index contributed by atoms with van der Waals surface area (Å²) in [4.78, 5) is 25.9. The number of nitrogens with one attached hydrogen (secondary N) is 1. The number of carbonyl (C=O) groups is 2. The summed E-state index contributed by atoms with van der Waals surface area (Å²) in [5.74, 6) is -1.27. The van der Waals surface area contributed by atoms with Gasteiger partial charge in [0.25, 0.3) is 0 Å². The molecule has 0 aliphatic rings. The van der Waals surface area contributed by atoms with Gasteiger partial charge in [0, 0.05) is 5.69 Å². The van der Waals surface area contributed by atoms with Crippen LogP contribution in [0.4, 0.5) is 10.1 Å². The van der Waals surface area contributed by atoms with Crippen molar-refractivity contribution in [2.24, 2.45) is 0 Å². The number of carbonyl (C=O) groups excluding carboxylic acids is 2. The highest BCUT2D eigenvalue weighted by Crippen LogP contribution is 2.17. The van der Waals surface area contributed by atoms with E-state index in [2.05, 4.69) is 15.4 Å². The van der Waals surface area contributed by atoms with Gasteiger partial charge in [0.1, 0.15) is 24.1 Å². The zero-order chi connectivity index (χ0) is 13.8. The third kappa shape index (κ3) is 3.21. The van der Waals surface area contributed by atoms with Crippen LogP contribution in [0.15, 0.2) is 30.9 Å². The fraction of sp³-hybridized carbons (Fsp3) is 0.167. The van der Waals surface area contributed by atoms with Gasteiger partial charge in [-0.25, -0.2) is 14.1 Å². The van der Waals surface area contributed by atoms with Gasteiger partial charge in [-0.15, -0.1) is 0 Å². The van der Waals surface area contributed by atoms with E-state index in [0.717, 1.165) is 6.07 Å². The second-order valence-electron chi connectivity index (χ2n) is 3.93. The number of anilines is 1. The molecule has 1 aromatic carbocycles. The molecule has 0 aliphatic heterocycles. The van der Waals surface area contributed by atoms with Crippen molar-refractivity contribution >= 4 is 17.4 Å². The van der Waals surface area contributed by atoms with E-state index in [0.29, 0.717) is 0 Å². The molecule has 1 heterocycles. The number of halogens is 1. The van der Waals surface area contributed by atoms with E-state index in [4.69, 9.17) is 0 Å². The molecule has 7 heteroatoms. The molecular weight excluding hydrogens is 251 g/mol. The minimum atomic E-state index is -0.550. The Bertz CT molecular complexity index is 610. The van der Waals surface area contributed by atoms with Crippen molar-refractivity contribution in [2.75, 3.05) is 5.32 Å². The van der Waals surface area contributed by atoms with E-state index in [-0.39, 0.29) is 23.6 Å². The number of nitrogens with zero attached hydrogens (tertiary/aromatic N) is 3. The quantitative estimate of drug-likeness (QED) is 0.843. The third-order valence-corrected chi connectivity index (χ3v) is 2.31. The summed E-state index contributed by atoms with van der Waals surface area (Å²) in [6.45, 7) is 1.31. The van der Waals surface area contributed by atoms with Gasteiger partial charge in [0.15, 0.2) is 5.82 Å². The molecule has 1 N–H and O–H groups in total. The summed E-state index contributed by atoms with van der Waals surface area (Å²) in [5, 5.41) is 6.25. The Hall–Kier alpha value is -2.57. The zero-order valence-electron chi connectivity index (χ0n) is 10.1. The summed E-state index contributed by atoms with van der Waals surface area (Å²) in [5.41, 5.74) is 0.509. The Morgan fingerprint density at radius 3 is 2.79 bits per heavy atom. The Morgan fingerprint density at radius 2 is 2.21 bits per heavy atom. The Morgan fingerprint density at radius 1 is 1.42 bits per heavy atom. The van der Waals surface area contributed by atoms with Crippen LogP contribution in [-0.2, 0) is 9.59 Å². The second kappa shape index (κ2) is 5.38. The van der Waals surface area contributed by atoms with E-state index in [9.17, 15) is 14.0 Å². The van der Waals surface area contributed by atoms with Gasteiger partial charge < -0.3 is 5.32 Å². The monoisotopic (exact) mass is 262 g/mol. The molecule has 98 valence electrons. The SMILES string of the molecule is CC(=O)CC(=O)Nc1ccc(-n2cncn2)c(F)c1. The topological polar surface area (TPSA) is 76.9 Å². The predicted octanol–water partition coefficient (Wildman–Crippen LogP) is 1.32. The zero-order valence-corrected chi connectivity index (χ0v) is 10.1. The number of hydrogen-bond acceptors (Lipinski definition) is 4. The number of hydrogen-bond donors (Lipinski definition) is 1. The molecule has 0 fully saturated rings. The van der Waals surface area contributed by atoms with Gasteiger partial charge in [-0.2, -0.15) is 5.10 Å². The molecule has 1 amide bonds. The fourth-order valence-electron chi connectivity index (χ4n) is 1.53. The van der Waals surface area contributed by atoms with Gasteiger partial charge >= 0.3 is 0 Å². The molecule has 19 heavy (non-hydrogen) atoms. The van der Waals surface area contributed by atoms with Crippen molar-refractivity contribution in [2.45, 2.75) is 13.3 Å². The van der Waals surface area contributed by atoms with E-state index < -0.39 is 11.7 Å².